The van der Waals surface area contributed by atoms with Crippen LogP contribution in [0.3, 0.4) is 0 Å². The summed E-state index contributed by atoms with van der Waals surface area (Å²) < 4.78 is 7.76. The summed E-state index contributed by atoms with van der Waals surface area (Å²) in [6.45, 7) is 3.25. The number of nitrogens with zero attached hydrogens (tertiary/aromatic N) is 2. The van der Waals surface area contributed by atoms with Crippen molar-refractivity contribution in [3.05, 3.63) is 57.6 Å². The van der Waals surface area contributed by atoms with Crippen molar-refractivity contribution in [1.82, 2.24) is 15.1 Å². The Morgan fingerprint density at radius 2 is 2.11 bits per heavy atom. The number of hydrogen-bond donors (Lipinski definition) is 2. The lowest BCUT2D eigenvalue weighted by Gasteiger charge is -2.11. The van der Waals surface area contributed by atoms with Crippen LogP contribution in [-0.4, -0.2) is 34.5 Å². The minimum Gasteiger partial charge on any atom is -0.465 e. The van der Waals surface area contributed by atoms with Gasteiger partial charge in [-0.15, -0.1) is 11.3 Å². The van der Waals surface area contributed by atoms with E-state index in [1.165, 1.54) is 18.4 Å². The Bertz CT molecular complexity index is 985. The number of rotatable bonds is 6. The van der Waals surface area contributed by atoms with Crippen molar-refractivity contribution in [2.45, 2.75) is 13.5 Å². The van der Waals surface area contributed by atoms with Gasteiger partial charge in [0.15, 0.2) is 5.11 Å². The number of thiocarbonyl (C=S) groups is 1. The highest BCUT2D eigenvalue weighted by Gasteiger charge is 2.24. The van der Waals surface area contributed by atoms with Crippen LogP contribution in [0.4, 0.5) is 5.00 Å². The highest BCUT2D eigenvalue weighted by atomic mass is 79.9. The summed E-state index contributed by atoms with van der Waals surface area (Å²) >= 11 is 10.2. The number of carbonyl (C=O) groups is 1. The fourth-order valence-electron chi connectivity index (χ4n) is 2.77. The maximum Gasteiger partial charge on any atom is 0.341 e. The number of carbonyl (C=O) groups excluding carboxylic acids is 1. The van der Waals surface area contributed by atoms with Gasteiger partial charge in [0, 0.05) is 23.2 Å². The molecule has 0 atom stereocenters. The average molecular weight is 479 g/mol. The Morgan fingerprint density at radius 3 is 2.75 bits per heavy atom. The highest BCUT2D eigenvalue weighted by Crippen LogP contribution is 2.40. The molecule has 146 valence electrons. The van der Waals surface area contributed by atoms with Crippen LogP contribution in [-0.2, 0) is 11.3 Å². The molecule has 0 aliphatic heterocycles. The molecule has 0 saturated carbocycles. The number of aryl methyl sites for hydroxylation is 1. The molecule has 0 bridgehead atoms. The second kappa shape index (κ2) is 9.31. The van der Waals surface area contributed by atoms with Crippen LogP contribution in [0.1, 0.15) is 15.2 Å². The van der Waals surface area contributed by atoms with Gasteiger partial charge in [0.05, 0.1) is 24.3 Å². The van der Waals surface area contributed by atoms with Crippen LogP contribution < -0.4 is 10.6 Å². The predicted molar refractivity (Wildman–Crippen MR) is 120 cm³/mol. The zero-order valence-corrected chi connectivity index (χ0v) is 18.6. The topological polar surface area (TPSA) is 68.2 Å². The average Bonchev–Trinajstić information content (AvgIpc) is 3.24. The van der Waals surface area contributed by atoms with E-state index in [9.17, 15) is 4.79 Å². The molecule has 28 heavy (non-hydrogen) atoms. The molecule has 9 heteroatoms. The summed E-state index contributed by atoms with van der Waals surface area (Å²) in [5.74, 6) is -0.394. The molecular formula is C19H19BrN4O2S2. The van der Waals surface area contributed by atoms with E-state index in [4.69, 9.17) is 17.0 Å². The number of ether oxygens (including phenoxy) is 1. The second-order valence-corrected chi connectivity index (χ2v) is 8.45. The van der Waals surface area contributed by atoms with E-state index in [1.807, 2.05) is 48.1 Å². The lowest BCUT2D eigenvalue weighted by molar-refractivity contribution is 0.0603. The summed E-state index contributed by atoms with van der Waals surface area (Å²) in [6, 6.07) is 9.79. The van der Waals surface area contributed by atoms with Gasteiger partial charge in [0.2, 0.25) is 0 Å². The molecule has 0 unspecified atom stereocenters. The Morgan fingerprint density at radius 1 is 1.36 bits per heavy atom. The largest absolute Gasteiger partial charge is 0.465 e. The van der Waals surface area contributed by atoms with Crippen molar-refractivity contribution in [1.29, 1.82) is 0 Å². The first-order valence-electron chi connectivity index (χ1n) is 8.49. The Kier molecular flexibility index (Phi) is 6.82. The molecule has 2 heterocycles. The molecule has 6 nitrogen and oxygen atoms in total. The number of benzene rings is 1. The lowest BCUT2D eigenvalue weighted by atomic mass is 10.0. The highest BCUT2D eigenvalue weighted by molar-refractivity contribution is 9.10. The molecule has 0 aliphatic rings. The zero-order valence-electron chi connectivity index (χ0n) is 15.4. The summed E-state index contributed by atoms with van der Waals surface area (Å²) in [6.07, 6.45) is 3.63. The molecule has 0 saturated heterocycles. The normalized spacial score (nSPS) is 10.5. The van der Waals surface area contributed by atoms with E-state index in [0.717, 1.165) is 20.5 Å². The Hall–Kier alpha value is -2.23. The maximum atomic E-state index is 12.5. The van der Waals surface area contributed by atoms with E-state index in [2.05, 4.69) is 31.7 Å². The molecule has 0 amide bonds. The smallest absolute Gasteiger partial charge is 0.341 e. The zero-order chi connectivity index (χ0) is 20.1. The van der Waals surface area contributed by atoms with Gasteiger partial charge in [0.1, 0.15) is 10.6 Å². The van der Waals surface area contributed by atoms with Gasteiger partial charge < -0.3 is 15.4 Å². The molecule has 0 fully saturated rings. The predicted octanol–water partition coefficient (Wildman–Crippen LogP) is 4.46. The van der Waals surface area contributed by atoms with Crippen molar-refractivity contribution >= 4 is 55.6 Å². The quantitative estimate of drug-likeness (QED) is 0.402. The first kappa shape index (κ1) is 20.5. The van der Waals surface area contributed by atoms with Crippen molar-refractivity contribution in [2.75, 3.05) is 19.0 Å². The van der Waals surface area contributed by atoms with Gasteiger partial charge in [0.25, 0.3) is 0 Å². The molecule has 0 spiro atoms. The maximum absolute atomic E-state index is 12.5. The molecule has 1 aromatic carbocycles. The van der Waals surface area contributed by atoms with Crippen LogP contribution in [0.5, 0.6) is 0 Å². The van der Waals surface area contributed by atoms with Crippen molar-refractivity contribution in [2.24, 2.45) is 0 Å². The SMILES string of the molecule is COC(=O)c1c(NC(=S)NCCn2cc(Br)cn2)sc(C)c1-c1ccccc1. The number of halogens is 1. The number of hydrogen-bond acceptors (Lipinski definition) is 5. The number of thiophene rings is 1. The van der Waals surface area contributed by atoms with Crippen molar-refractivity contribution in [3.8, 4) is 11.1 Å². The Labute approximate surface area is 181 Å². The van der Waals surface area contributed by atoms with Gasteiger partial charge in [-0.05, 0) is 40.6 Å². The molecule has 0 aliphatic carbocycles. The number of anilines is 1. The van der Waals surface area contributed by atoms with E-state index < -0.39 is 5.97 Å². The fraction of sp³-hybridized carbons (Fsp3) is 0.211. The summed E-state index contributed by atoms with van der Waals surface area (Å²) in [5.41, 5.74) is 2.33. The third-order valence-electron chi connectivity index (χ3n) is 3.99. The first-order chi connectivity index (χ1) is 13.5. The van der Waals surface area contributed by atoms with E-state index in [1.54, 1.807) is 6.20 Å². The summed E-state index contributed by atoms with van der Waals surface area (Å²) in [7, 11) is 1.38. The molecule has 0 radical (unpaired) electrons. The minimum absolute atomic E-state index is 0.394. The van der Waals surface area contributed by atoms with Crippen molar-refractivity contribution in [3.63, 3.8) is 0 Å². The van der Waals surface area contributed by atoms with E-state index in [-0.39, 0.29) is 0 Å². The Balaban J connectivity index is 1.75. The standard InChI is InChI=1S/C19H19BrN4O2S2/c1-12-15(13-6-4-3-5-7-13)16(18(25)26-2)17(28-12)23-19(27)21-8-9-24-11-14(20)10-22-24/h3-7,10-11H,8-9H2,1-2H3,(H2,21,23,27). The number of methoxy groups -OCH3 is 1. The van der Waals surface area contributed by atoms with Gasteiger partial charge in [-0.3, -0.25) is 4.68 Å². The minimum atomic E-state index is -0.394. The van der Waals surface area contributed by atoms with Gasteiger partial charge in [-0.1, -0.05) is 30.3 Å². The van der Waals surface area contributed by atoms with E-state index in [0.29, 0.717) is 28.8 Å². The molecule has 3 rings (SSSR count). The number of esters is 1. The molecular weight excluding hydrogens is 460 g/mol. The molecule has 2 aromatic heterocycles. The second-order valence-electron chi connectivity index (χ2n) is 5.90. The lowest BCUT2D eigenvalue weighted by Crippen LogP contribution is -2.31. The molecule has 2 N–H and O–H groups in total. The third kappa shape index (κ3) is 4.78. The number of nitrogens with one attached hydrogen (secondary N) is 2. The van der Waals surface area contributed by atoms with Crippen LogP contribution >= 0.6 is 39.5 Å². The van der Waals surface area contributed by atoms with Crippen LogP contribution in [0.15, 0.2) is 47.2 Å². The summed E-state index contributed by atoms with van der Waals surface area (Å²) in [5, 5.41) is 11.6. The van der Waals surface area contributed by atoms with Gasteiger partial charge in [-0.25, -0.2) is 4.79 Å². The van der Waals surface area contributed by atoms with Crippen LogP contribution in [0.25, 0.3) is 11.1 Å². The molecule has 3 aromatic rings. The van der Waals surface area contributed by atoms with Crippen LogP contribution in [0.2, 0.25) is 0 Å². The van der Waals surface area contributed by atoms with Crippen LogP contribution in [0, 0.1) is 6.92 Å². The monoisotopic (exact) mass is 478 g/mol. The van der Waals surface area contributed by atoms with Gasteiger partial charge >= 0.3 is 5.97 Å². The van der Waals surface area contributed by atoms with E-state index >= 15 is 0 Å². The number of aromatic nitrogens is 2. The third-order valence-corrected chi connectivity index (χ3v) is 5.67. The summed E-state index contributed by atoms with van der Waals surface area (Å²) in [4.78, 5) is 13.5. The fourth-order valence-corrected chi connectivity index (χ4v) is 4.44. The first-order valence-corrected chi connectivity index (χ1v) is 10.5. The van der Waals surface area contributed by atoms with Crippen molar-refractivity contribution < 1.29 is 9.53 Å². The van der Waals surface area contributed by atoms with Gasteiger partial charge in [-0.2, -0.15) is 5.10 Å².